The summed E-state index contributed by atoms with van der Waals surface area (Å²) < 4.78 is 15.5. The van der Waals surface area contributed by atoms with Crippen LogP contribution >= 0.6 is 47.0 Å². The van der Waals surface area contributed by atoms with E-state index in [0.29, 0.717) is 11.1 Å². The second-order valence-corrected chi connectivity index (χ2v) is 10.8. The van der Waals surface area contributed by atoms with Gasteiger partial charge >= 0.3 is 0 Å². The molecule has 0 aliphatic carbocycles. The molecule has 3 rings (SSSR count). The van der Waals surface area contributed by atoms with Crippen LogP contribution in [0.15, 0.2) is 43.9 Å². The maximum Gasteiger partial charge on any atom is 0.158 e. The van der Waals surface area contributed by atoms with Crippen LogP contribution < -0.4 is 0 Å². The van der Waals surface area contributed by atoms with Gasteiger partial charge in [-0.3, -0.25) is 9.59 Å². The minimum atomic E-state index is -0.438. The number of Topliss-reactive ketones (excluding diaryl/α,β-unsaturated/α-hetero) is 2. The summed E-state index contributed by atoms with van der Waals surface area (Å²) >= 11 is 6.71. The lowest BCUT2D eigenvalue weighted by Crippen LogP contribution is -2.18. The van der Waals surface area contributed by atoms with Crippen LogP contribution in [-0.2, 0) is 9.59 Å². The Morgan fingerprint density at radius 2 is 1.19 bits per heavy atom. The Morgan fingerprint density at radius 3 is 1.54 bits per heavy atom. The van der Waals surface area contributed by atoms with Gasteiger partial charge in [-0.2, -0.15) is 0 Å². The zero-order valence-corrected chi connectivity index (χ0v) is 17.8. The number of rotatable bonds is 5. The summed E-state index contributed by atoms with van der Waals surface area (Å²) in [6.45, 7) is 3.13. The van der Waals surface area contributed by atoms with Crippen molar-refractivity contribution in [1.82, 2.24) is 0 Å². The first-order valence-electron chi connectivity index (χ1n) is 8.26. The van der Waals surface area contributed by atoms with E-state index in [4.69, 9.17) is 0 Å². The molecule has 2 nitrogen and oxygen atoms in total. The molecule has 7 heteroatoms. The van der Waals surface area contributed by atoms with E-state index < -0.39 is 5.92 Å². The van der Waals surface area contributed by atoms with E-state index in [0.717, 1.165) is 37.0 Å². The van der Waals surface area contributed by atoms with Crippen LogP contribution in [0.3, 0.4) is 0 Å². The largest absolute Gasteiger partial charge is 0.295 e. The second-order valence-electron chi connectivity index (χ2n) is 5.89. The maximum atomic E-state index is 13.5. The molecule has 0 saturated carbocycles. The normalized spacial score (nSPS) is 17.1. The molecule has 0 aromatic heterocycles. The molecular weight excluding hydrogens is 407 g/mol. The molecule has 0 amide bonds. The van der Waals surface area contributed by atoms with Crippen LogP contribution in [0, 0.1) is 5.82 Å². The van der Waals surface area contributed by atoms with Gasteiger partial charge in [-0.15, -0.1) is 47.0 Å². The molecule has 0 bridgehead atoms. The van der Waals surface area contributed by atoms with Crippen molar-refractivity contribution < 1.29 is 14.0 Å². The van der Waals surface area contributed by atoms with Crippen LogP contribution in [0.2, 0.25) is 0 Å². The molecule has 138 valence electrons. The van der Waals surface area contributed by atoms with Crippen LogP contribution in [-0.4, -0.2) is 34.6 Å². The molecule has 26 heavy (non-hydrogen) atoms. The molecular formula is C19H19FO2S4. The smallest absolute Gasteiger partial charge is 0.158 e. The predicted molar refractivity (Wildman–Crippen MR) is 114 cm³/mol. The number of hydrogen-bond donors (Lipinski definition) is 0. The van der Waals surface area contributed by atoms with Crippen molar-refractivity contribution in [2.75, 3.05) is 23.0 Å². The van der Waals surface area contributed by atoms with Crippen molar-refractivity contribution in [1.29, 1.82) is 0 Å². The van der Waals surface area contributed by atoms with Gasteiger partial charge in [0.1, 0.15) is 5.82 Å². The first-order chi connectivity index (χ1) is 12.5. The van der Waals surface area contributed by atoms with Gasteiger partial charge < -0.3 is 0 Å². The third kappa shape index (κ3) is 4.43. The van der Waals surface area contributed by atoms with Gasteiger partial charge in [0, 0.05) is 48.5 Å². The van der Waals surface area contributed by atoms with Crippen LogP contribution in [0.25, 0.3) is 0 Å². The molecule has 2 aliphatic rings. The number of thioether (sulfide) groups is 4. The molecule has 0 spiro atoms. The summed E-state index contributed by atoms with van der Waals surface area (Å²) in [6, 6.07) is 6.19. The van der Waals surface area contributed by atoms with Gasteiger partial charge in [0.05, 0.1) is 0 Å². The number of carbonyl (C=O) groups excluding carboxylic acids is 2. The Bertz CT molecular complexity index is 723. The SMILES string of the molecule is CC(=O)C(=C1SCCS1)C(C(C(C)=O)=C1SCCS1)c1ccc(F)cc1. The predicted octanol–water partition coefficient (Wildman–Crippen LogP) is 5.47. The highest BCUT2D eigenvalue weighted by Crippen LogP contribution is 2.49. The number of halogens is 1. The standard InChI is InChI=1S/C19H19FO2S4/c1-11(21)15(18-23-7-8-24-18)17(13-3-5-14(20)6-4-13)16(12(2)22)19-25-9-10-26-19/h3-6,17H,7-10H2,1-2H3. The van der Waals surface area contributed by atoms with Gasteiger partial charge in [0.2, 0.25) is 0 Å². The molecule has 2 heterocycles. The number of ketones is 2. The summed E-state index contributed by atoms with van der Waals surface area (Å²) in [5.74, 6) is 3.03. The molecule has 2 fully saturated rings. The first-order valence-corrected chi connectivity index (χ1v) is 12.2. The van der Waals surface area contributed by atoms with E-state index in [-0.39, 0.29) is 17.4 Å². The number of hydrogen-bond acceptors (Lipinski definition) is 6. The van der Waals surface area contributed by atoms with Gasteiger partial charge in [0.15, 0.2) is 11.6 Å². The second kappa shape index (κ2) is 9.04. The van der Waals surface area contributed by atoms with E-state index in [2.05, 4.69) is 0 Å². The van der Waals surface area contributed by atoms with Crippen molar-refractivity contribution in [2.45, 2.75) is 19.8 Å². The van der Waals surface area contributed by atoms with E-state index in [9.17, 15) is 14.0 Å². The highest BCUT2D eigenvalue weighted by atomic mass is 32.2. The van der Waals surface area contributed by atoms with Gasteiger partial charge in [-0.05, 0) is 31.5 Å². The number of carbonyl (C=O) groups is 2. The maximum absolute atomic E-state index is 13.5. The number of benzene rings is 1. The van der Waals surface area contributed by atoms with E-state index in [1.807, 2.05) is 0 Å². The Kier molecular flexibility index (Phi) is 6.99. The molecule has 2 saturated heterocycles. The van der Waals surface area contributed by atoms with Crippen molar-refractivity contribution in [3.8, 4) is 0 Å². The Balaban J connectivity index is 2.23. The molecule has 2 aliphatic heterocycles. The fourth-order valence-corrected chi connectivity index (χ4v) is 8.40. The van der Waals surface area contributed by atoms with Crippen molar-refractivity contribution in [3.05, 3.63) is 55.3 Å². The molecule has 0 unspecified atom stereocenters. The van der Waals surface area contributed by atoms with Crippen LogP contribution in [0.4, 0.5) is 4.39 Å². The average Bonchev–Trinajstić information content (AvgIpc) is 3.28. The van der Waals surface area contributed by atoms with Gasteiger partial charge in [0.25, 0.3) is 0 Å². The van der Waals surface area contributed by atoms with E-state index >= 15 is 0 Å². The topological polar surface area (TPSA) is 34.1 Å². The Hall–Kier alpha value is -0.630. The summed E-state index contributed by atoms with van der Waals surface area (Å²) in [5.41, 5.74) is 2.15. The van der Waals surface area contributed by atoms with Crippen LogP contribution in [0.1, 0.15) is 25.3 Å². The van der Waals surface area contributed by atoms with Crippen molar-refractivity contribution in [3.63, 3.8) is 0 Å². The minimum absolute atomic E-state index is 0.0245. The first kappa shape index (κ1) is 20.1. The molecule has 1 aromatic rings. The Labute approximate surface area is 170 Å². The third-order valence-electron chi connectivity index (χ3n) is 4.08. The third-order valence-corrected chi connectivity index (χ3v) is 9.57. The summed E-state index contributed by atoms with van der Waals surface area (Å²) in [7, 11) is 0. The minimum Gasteiger partial charge on any atom is -0.295 e. The van der Waals surface area contributed by atoms with Crippen LogP contribution in [0.5, 0.6) is 0 Å². The van der Waals surface area contributed by atoms with Gasteiger partial charge in [-0.25, -0.2) is 4.39 Å². The van der Waals surface area contributed by atoms with E-state index in [1.165, 1.54) is 12.1 Å². The zero-order chi connectivity index (χ0) is 18.7. The lowest BCUT2D eigenvalue weighted by atomic mass is 9.82. The highest BCUT2D eigenvalue weighted by molar-refractivity contribution is 8.25. The fourth-order valence-electron chi connectivity index (χ4n) is 2.99. The van der Waals surface area contributed by atoms with Crippen molar-refractivity contribution >= 4 is 58.6 Å². The van der Waals surface area contributed by atoms with E-state index in [1.54, 1.807) is 73.0 Å². The summed E-state index contributed by atoms with van der Waals surface area (Å²) in [4.78, 5) is 25.3. The molecule has 0 N–H and O–H groups in total. The number of allylic oxidation sites excluding steroid dienone is 2. The highest BCUT2D eigenvalue weighted by Gasteiger charge is 2.34. The van der Waals surface area contributed by atoms with Gasteiger partial charge in [-0.1, -0.05) is 12.1 Å². The molecule has 0 atom stereocenters. The lowest BCUT2D eigenvalue weighted by molar-refractivity contribution is -0.114. The summed E-state index contributed by atoms with van der Waals surface area (Å²) in [6.07, 6.45) is 0. The van der Waals surface area contributed by atoms with Crippen molar-refractivity contribution in [2.24, 2.45) is 0 Å². The molecule has 0 radical (unpaired) electrons. The zero-order valence-electron chi connectivity index (χ0n) is 14.5. The monoisotopic (exact) mass is 426 g/mol. The summed E-state index contributed by atoms with van der Waals surface area (Å²) in [5, 5.41) is 0. The fraction of sp³-hybridized carbons (Fsp3) is 0.368. The Morgan fingerprint density at radius 1 is 0.808 bits per heavy atom. The quantitative estimate of drug-likeness (QED) is 0.581. The molecule has 1 aromatic carbocycles. The lowest BCUT2D eigenvalue weighted by Gasteiger charge is -2.24. The average molecular weight is 427 g/mol.